The van der Waals surface area contributed by atoms with Gasteiger partial charge >= 0.3 is 0 Å². The quantitative estimate of drug-likeness (QED) is 0.509. The zero-order valence-corrected chi connectivity index (χ0v) is 20.8. The van der Waals surface area contributed by atoms with Gasteiger partial charge in [-0.05, 0) is 56.2 Å². The molecule has 33 heavy (non-hydrogen) atoms. The molecule has 0 N–H and O–H groups in total. The van der Waals surface area contributed by atoms with Crippen LogP contribution in [0.25, 0.3) is 10.2 Å². The van der Waals surface area contributed by atoms with Crippen molar-refractivity contribution in [2.75, 3.05) is 50.0 Å². The van der Waals surface area contributed by atoms with Gasteiger partial charge in [-0.1, -0.05) is 29.0 Å². The summed E-state index contributed by atoms with van der Waals surface area (Å²) >= 11 is 1.42. The topological polar surface area (TPSA) is 79.8 Å². The van der Waals surface area contributed by atoms with E-state index in [0.717, 1.165) is 40.0 Å². The van der Waals surface area contributed by atoms with Gasteiger partial charge in [0.1, 0.15) is 5.75 Å². The fourth-order valence-electron chi connectivity index (χ4n) is 3.75. The van der Waals surface area contributed by atoms with Crippen molar-refractivity contribution < 1.29 is 17.9 Å². The molecule has 7 nitrogen and oxygen atoms in total. The molecule has 1 aliphatic rings. The number of ether oxygens (including phenoxy) is 1. The number of sulfone groups is 1. The molecule has 0 atom stereocenters. The monoisotopic (exact) mass is 487 g/mol. The van der Waals surface area contributed by atoms with Crippen molar-refractivity contribution in [3.63, 3.8) is 0 Å². The number of rotatable bonds is 7. The third kappa shape index (κ3) is 5.60. The van der Waals surface area contributed by atoms with Gasteiger partial charge in [-0.2, -0.15) is 0 Å². The van der Waals surface area contributed by atoms with E-state index in [1.54, 1.807) is 24.3 Å². The predicted molar refractivity (Wildman–Crippen MR) is 132 cm³/mol. The van der Waals surface area contributed by atoms with Gasteiger partial charge in [-0.15, -0.1) is 0 Å². The number of thiazole rings is 1. The average Bonchev–Trinajstić information content (AvgIpc) is 3.17. The van der Waals surface area contributed by atoms with E-state index < -0.39 is 21.5 Å². The van der Waals surface area contributed by atoms with Crippen LogP contribution in [-0.2, 0) is 19.4 Å². The van der Waals surface area contributed by atoms with E-state index in [1.165, 1.54) is 16.2 Å². The highest BCUT2D eigenvalue weighted by Gasteiger charge is 2.27. The maximum atomic E-state index is 13.4. The van der Waals surface area contributed by atoms with Crippen LogP contribution in [0, 0.1) is 20.8 Å². The number of hydrogen-bond donors (Lipinski definition) is 0. The molecular formula is C24H29N3O4S2. The molecule has 1 fully saturated rings. The first kappa shape index (κ1) is 23.8. The number of hydrogen-bond acceptors (Lipinski definition) is 7. The molecule has 3 aromatic rings. The van der Waals surface area contributed by atoms with Crippen LogP contribution >= 0.6 is 11.3 Å². The van der Waals surface area contributed by atoms with Gasteiger partial charge in [0.25, 0.3) is 0 Å². The normalized spacial score (nSPS) is 15.1. The summed E-state index contributed by atoms with van der Waals surface area (Å²) < 4.78 is 32.3. The zero-order valence-electron chi connectivity index (χ0n) is 19.2. The summed E-state index contributed by atoms with van der Waals surface area (Å²) in [6.07, 6.45) is 0. The lowest BCUT2D eigenvalue weighted by molar-refractivity contribution is -0.116. The van der Waals surface area contributed by atoms with Gasteiger partial charge in [-0.25, -0.2) is 13.4 Å². The summed E-state index contributed by atoms with van der Waals surface area (Å²) in [7, 11) is -3.76. The second-order valence-electron chi connectivity index (χ2n) is 8.47. The Morgan fingerprint density at radius 2 is 1.76 bits per heavy atom. The van der Waals surface area contributed by atoms with Crippen LogP contribution < -0.4 is 4.90 Å². The van der Waals surface area contributed by atoms with Crippen LogP contribution in [0.3, 0.4) is 0 Å². The molecular weight excluding hydrogens is 458 g/mol. The highest BCUT2D eigenvalue weighted by atomic mass is 32.2. The molecule has 9 heteroatoms. The number of benzene rings is 2. The highest BCUT2D eigenvalue weighted by molar-refractivity contribution is 7.92. The first-order chi connectivity index (χ1) is 15.7. The Kier molecular flexibility index (Phi) is 7.13. The van der Waals surface area contributed by atoms with Gasteiger partial charge in [0.2, 0.25) is 5.91 Å². The van der Waals surface area contributed by atoms with Crippen LogP contribution in [0.5, 0.6) is 0 Å². The minimum Gasteiger partial charge on any atom is -0.379 e. The first-order valence-electron chi connectivity index (χ1n) is 11.0. The summed E-state index contributed by atoms with van der Waals surface area (Å²) in [5.74, 6) is -1.05. The zero-order chi connectivity index (χ0) is 23.6. The summed E-state index contributed by atoms with van der Waals surface area (Å²) in [6.45, 7) is 9.89. The molecule has 0 unspecified atom stereocenters. The molecule has 4 rings (SSSR count). The highest BCUT2D eigenvalue weighted by Crippen LogP contribution is 2.31. The minimum atomic E-state index is -3.76. The van der Waals surface area contributed by atoms with Crippen LogP contribution in [0.2, 0.25) is 0 Å². The minimum absolute atomic E-state index is 0.158. The fourth-order valence-corrected chi connectivity index (χ4v) is 6.03. The molecule has 1 aromatic heterocycles. The molecule has 2 aromatic carbocycles. The van der Waals surface area contributed by atoms with Crippen LogP contribution in [-0.4, -0.2) is 69.4 Å². The van der Waals surface area contributed by atoms with Crippen molar-refractivity contribution in [1.29, 1.82) is 0 Å². The van der Waals surface area contributed by atoms with E-state index in [9.17, 15) is 13.2 Å². The number of nitrogens with zero attached hydrogens (tertiary/aromatic N) is 3. The van der Waals surface area contributed by atoms with Gasteiger partial charge in [-0.3, -0.25) is 14.6 Å². The van der Waals surface area contributed by atoms with Crippen LogP contribution in [0.15, 0.2) is 41.3 Å². The third-order valence-corrected chi connectivity index (χ3v) is 8.62. The van der Waals surface area contributed by atoms with Crippen molar-refractivity contribution in [3.05, 3.63) is 53.1 Å². The predicted octanol–water partition coefficient (Wildman–Crippen LogP) is 3.36. The Morgan fingerprint density at radius 1 is 1.09 bits per heavy atom. The standard InChI is InChI=1S/C24H29N3O4S2/c1-17-4-6-20(7-5-17)33(29,30)16-23(28)27(9-8-26-10-12-31-13-11-26)24-25-21-14-18(2)19(3)15-22(21)32-24/h4-7,14-15H,8-13,16H2,1-3H3. The summed E-state index contributed by atoms with van der Waals surface area (Å²) in [4.78, 5) is 22.0. The van der Waals surface area contributed by atoms with E-state index in [2.05, 4.69) is 11.0 Å². The molecule has 176 valence electrons. The van der Waals surface area contributed by atoms with Crippen LogP contribution in [0.4, 0.5) is 5.13 Å². The molecule has 1 saturated heterocycles. The van der Waals surface area contributed by atoms with E-state index in [0.29, 0.717) is 31.4 Å². The Hall–Kier alpha value is -2.33. The van der Waals surface area contributed by atoms with Crippen LogP contribution in [0.1, 0.15) is 16.7 Å². The second-order valence-corrected chi connectivity index (χ2v) is 11.5. The maximum Gasteiger partial charge on any atom is 0.244 e. The summed E-state index contributed by atoms with van der Waals surface area (Å²) in [6, 6.07) is 10.7. The smallest absolute Gasteiger partial charge is 0.244 e. The molecule has 1 aliphatic heterocycles. The summed E-state index contributed by atoms with van der Waals surface area (Å²) in [5.41, 5.74) is 4.08. The lowest BCUT2D eigenvalue weighted by Gasteiger charge is -2.29. The Balaban J connectivity index is 1.61. The van der Waals surface area contributed by atoms with E-state index in [4.69, 9.17) is 9.72 Å². The number of amides is 1. The fraction of sp³-hybridized carbons (Fsp3) is 0.417. The van der Waals surface area contributed by atoms with Crippen molar-refractivity contribution in [3.8, 4) is 0 Å². The van der Waals surface area contributed by atoms with Gasteiger partial charge in [0.05, 0.1) is 28.3 Å². The van der Waals surface area contributed by atoms with Gasteiger partial charge < -0.3 is 4.74 Å². The Bertz CT molecular complexity index is 1210. The number of fused-ring (bicyclic) bond motifs is 1. The lowest BCUT2D eigenvalue weighted by atomic mass is 10.1. The Morgan fingerprint density at radius 3 is 2.45 bits per heavy atom. The average molecular weight is 488 g/mol. The third-order valence-electron chi connectivity index (χ3n) is 5.96. The maximum absolute atomic E-state index is 13.4. The van der Waals surface area contributed by atoms with E-state index in [-0.39, 0.29) is 4.90 Å². The van der Waals surface area contributed by atoms with Gasteiger partial charge in [0.15, 0.2) is 15.0 Å². The second kappa shape index (κ2) is 9.89. The molecule has 0 bridgehead atoms. The number of aryl methyl sites for hydroxylation is 3. The number of carbonyl (C=O) groups is 1. The van der Waals surface area contributed by atoms with Gasteiger partial charge in [0, 0.05) is 26.2 Å². The van der Waals surface area contributed by atoms with Crippen molar-refractivity contribution in [1.82, 2.24) is 9.88 Å². The molecule has 0 aliphatic carbocycles. The number of carbonyl (C=O) groups excluding carboxylic acids is 1. The largest absolute Gasteiger partial charge is 0.379 e. The SMILES string of the molecule is Cc1ccc(S(=O)(=O)CC(=O)N(CCN2CCOCC2)c2nc3cc(C)c(C)cc3s2)cc1. The number of anilines is 1. The summed E-state index contributed by atoms with van der Waals surface area (Å²) in [5, 5.41) is 0.535. The number of aromatic nitrogens is 1. The van der Waals surface area contributed by atoms with Crippen molar-refractivity contribution in [2.24, 2.45) is 0 Å². The van der Waals surface area contributed by atoms with E-state index in [1.807, 2.05) is 26.8 Å². The molecule has 0 spiro atoms. The van der Waals surface area contributed by atoms with E-state index >= 15 is 0 Å². The lowest BCUT2D eigenvalue weighted by Crippen LogP contribution is -2.44. The number of morpholine rings is 1. The molecule has 2 heterocycles. The molecule has 1 amide bonds. The molecule has 0 saturated carbocycles. The van der Waals surface area contributed by atoms with Crippen molar-refractivity contribution >= 4 is 42.4 Å². The Labute approximate surface area is 198 Å². The first-order valence-corrected chi connectivity index (χ1v) is 13.5. The molecule has 0 radical (unpaired) electrons. The van der Waals surface area contributed by atoms with Crippen molar-refractivity contribution in [2.45, 2.75) is 25.7 Å².